The van der Waals surface area contributed by atoms with Crippen LogP contribution in [0.4, 0.5) is 0 Å². The Kier molecular flexibility index (Phi) is 4.84. The van der Waals surface area contributed by atoms with Crippen molar-refractivity contribution in [3.63, 3.8) is 0 Å². The number of aliphatic hydroxyl groups is 1. The Morgan fingerprint density at radius 1 is 1.23 bits per heavy atom. The van der Waals surface area contributed by atoms with Gasteiger partial charge in [0.25, 0.3) is 5.56 Å². The number of halogens is 1. The molecule has 0 radical (unpaired) electrons. The van der Waals surface area contributed by atoms with Crippen LogP contribution in [0.3, 0.4) is 0 Å². The number of hydrogen-bond donors (Lipinski definition) is 1. The van der Waals surface area contributed by atoms with Crippen molar-refractivity contribution in [2.75, 3.05) is 0 Å². The van der Waals surface area contributed by atoms with Gasteiger partial charge in [-0.05, 0) is 31.9 Å². The summed E-state index contributed by atoms with van der Waals surface area (Å²) in [5.74, 6) is 0. The first kappa shape index (κ1) is 16.5. The molecule has 0 saturated heterocycles. The predicted octanol–water partition coefficient (Wildman–Crippen LogP) is 3.31. The normalized spacial score (nSPS) is 12.0. The summed E-state index contributed by atoms with van der Waals surface area (Å²) in [4.78, 5) is 12.2. The number of rotatable bonds is 3. The van der Waals surface area contributed by atoms with Crippen molar-refractivity contribution in [1.82, 2.24) is 9.78 Å². The van der Waals surface area contributed by atoms with E-state index < -0.39 is 5.54 Å². The van der Waals surface area contributed by atoms with Crippen LogP contribution in [-0.2, 0) is 12.1 Å². The van der Waals surface area contributed by atoms with E-state index >= 15 is 0 Å². The second-order valence-electron chi connectivity index (χ2n) is 6.03. The van der Waals surface area contributed by atoms with Gasteiger partial charge in [-0.25, -0.2) is 4.68 Å². The monoisotopic (exact) mass is 318 g/mol. The maximum atomic E-state index is 12.2. The fraction of sp³-hybridized carbons (Fsp3) is 0.294. The van der Waals surface area contributed by atoms with Gasteiger partial charge in [0.15, 0.2) is 0 Å². The number of aliphatic hydroxyl groups excluding tert-OH is 1. The molecule has 0 atom stereocenters. The quantitative estimate of drug-likeness (QED) is 0.944. The molecule has 2 aromatic rings. The summed E-state index contributed by atoms with van der Waals surface area (Å²) in [6.07, 6.45) is 5.20. The average Bonchev–Trinajstić information content (AvgIpc) is 2.48. The summed E-state index contributed by atoms with van der Waals surface area (Å²) in [5.41, 5.74) is 1.67. The van der Waals surface area contributed by atoms with Crippen LogP contribution in [0, 0.1) is 0 Å². The van der Waals surface area contributed by atoms with Crippen LogP contribution in [0.25, 0.3) is 12.2 Å². The van der Waals surface area contributed by atoms with Crippen molar-refractivity contribution in [2.45, 2.75) is 32.9 Å². The van der Waals surface area contributed by atoms with E-state index in [0.717, 1.165) is 11.1 Å². The lowest BCUT2D eigenvalue weighted by atomic mass is 10.1. The summed E-state index contributed by atoms with van der Waals surface area (Å²) >= 11 is 6.16. The van der Waals surface area contributed by atoms with Crippen LogP contribution in [0.2, 0.25) is 5.02 Å². The fourth-order valence-corrected chi connectivity index (χ4v) is 2.15. The molecule has 5 heteroatoms. The smallest absolute Gasteiger partial charge is 0.286 e. The van der Waals surface area contributed by atoms with Gasteiger partial charge in [0.2, 0.25) is 0 Å². The molecule has 4 nitrogen and oxygen atoms in total. The van der Waals surface area contributed by atoms with E-state index in [1.165, 1.54) is 4.68 Å². The highest BCUT2D eigenvalue weighted by Gasteiger charge is 2.18. The molecule has 22 heavy (non-hydrogen) atoms. The Morgan fingerprint density at radius 3 is 2.41 bits per heavy atom. The van der Waals surface area contributed by atoms with Crippen LogP contribution < -0.4 is 5.56 Å². The van der Waals surface area contributed by atoms with Gasteiger partial charge in [-0.2, -0.15) is 5.10 Å². The van der Waals surface area contributed by atoms with Crippen molar-refractivity contribution in [1.29, 1.82) is 0 Å². The van der Waals surface area contributed by atoms with Gasteiger partial charge in [0.1, 0.15) is 5.02 Å². The molecule has 0 aliphatic rings. The van der Waals surface area contributed by atoms with E-state index in [-0.39, 0.29) is 17.2 Å². The first-order valence-electron chi connectivity index (χ1n) is 6.99. The fourth-order valence-electron chi connectivity index (χ4n) is 1.96. The number of nitrogens with zero attached hydrogens (tertiary/aromatic N) is 2. The molecule has 0 aliphatic carbocycles. The standard InChI is InChI=1S/C17H19ClN2O2/c1-17(2,3)20-16(22)15(18)14(10-19-20)9-8-12-4-6-13(11-21)7-5-12/h4-10,21H,11H2,1-3H3. The molecule has 1 N–H and O–H groups in total. The molecule has 0 saturated carbocycles. The Morgan fingerprint density at radius 2 is 1.86 bits per heavy atom. The Hall–Kier alpha value is -1.91. The molecule has 0 spiro atoms. The minimum Gasteiger partial charge on any atom is -0.392 e. The van der Waals surface area contributed by atoms with Crippen LogP contribution in [0.1, 0.15) is 37.5 Å². The zero-order valence-electron chi connectivity index (χ0n) is 12.9. The van der Waals surface area contributed by atoms with E-state index in [9.17, 15) is 4.79 Å². The van der Waals surface area contributed by atoms with Gasteiger partial charge in [-0.3, -0.25) is 4.79 Å². The maximum absolute atomic E-state index is 12.2. The van der Waals surface area contributed by atoms with E-state index in [2.05, 4.69) is 5.10 Å². The van der Waals surface area contributed by atoms with Gasteiger partial charge >= 0.3 is 0 Å². The predicted molar refractivity (Wildman–Crippen MR) is 89.8 cm³/mol. The van der Waals surface area contributed by atoms with E-state index in [4.69, 9.17) is 16.7 Å². The lowest BCUT2D eigenvalue weighted by molar-refractivity contribution is 0.282. The second kappa shape index (κ2) is 6.46. The molecule has 1 aromatic carbocycles. The largest absolute Gasteiger partial charge is 0.392 e. The number of benzene rings is 1. The molecule has 1 aromatic heterocycles. The van der Waals surface area contributed by atoms with Gasteiger partial charge in [0, 0.05) is 5.56 Å². The first-order valence-corrected chi connectivity index (χ1v) is 7.37. The van der Waals surface area contributed by atoms with Crippen LogP contribution >= 0.6 is 11.6 Å². The summed E-state index contributed by atoms with van der Waals surface area (Å²) in [5, 5.41) is 13.4. The summed E-state index contributed by atoms with van der Waals surface area (Å²) in [6, 6.07) is 7.47. The summed E-state index contributed by atoms with van der Waals surface area (Å²) in [6.45, 7) is 5.71. The Bertz CT molecular complexity index is 741. The molecular weight excluding hydrogens is 300 g/mol. The SMILES string of the molecule is CC(C)(C)n1ncc(C=Cc2ccc(CO)cc2)c(Cl)c1=O. The molecule has 0 bridgehead atoms. The average molecular weight is 319 g/mol. The lowest BCUT2D eigenvalue weighted by Crippen LogP contribution is -2.36. The van der Waals surface area contributed by atoms with Crippen LogP contribution in [-0.4, -0.2) is 14.9 Å². The Labute approximate surface area is 134 Å². The van der Waals surface area contributed by atoms with Gasteiger partial charge in [-0.1, -0.05) is 48.0 Å². The summed E-state index contributed by atoms with van der Waals surface area (Å²) < 4.78 is 1.38. The van der Waals surface area contributed by atoms with Gasteiger partial charge < -0.3 is 5.11 Å². The van der Waals surface area contributed by atoms with Gasteiger partial charge in [0.05, 0.1) is 18.3 Å². The molecule has 2 rings (SSSR count). The molecule has 116 valence electrons. The first-order chi connectivity index (χ1) is 10.3. The number of hydrogen-bond acceptors (Lipinski definition) is 3. The van der Waals surface area contributed by atoms with Crippen molar-refractivity contribution >= 4 is 23.8 Å². The minimum atomic E-state index is -0.414. The third kappa shape index (κ3) is 3.64. The van der Waals surface area contributed by atoms with Gasteiger partial charge in [-0.15, -0.1) is 0 Å². The van der Waals surface area contributed by atoms with E-state index in [1.54, 1.807) is 12.3 Å². The molecular formula is C17H19ClN2O2. The Balaban J connectivity index is 2.32. The molecule has 0 amide bonds. The van der Waals surface area contributed by atoms with Crippen molar-refractivity contribution in [2.24, 2.45) is 0 Å². The zero-order valence-corrected chi connectivity index (χ0v) is 13.6. The maximum Gasteiger partial charge on any atom is 0.286 e. The van der Waals surface area contributed by atoms with E-state index in [1.807, 2.05) is 51.1 Å². The highest BCUT2D eigenvalue weighted by molar-refractivity contribution is 6.31. The second-order valence-corrected chi connectivity index (χ2v) is 6.41. The molecule has 1 heterocycles. The number of aromatic nitrogens is 2. The summed E-state index contributed by atoms with van der Waals surface area (Å²) in [7, 11) is 0. The van der Waals surface area contributed by atoms with Crippen LogP contribution in [0.15, 0.2) is 35.3 Å². The highest BCUT2D eigenvalue weighted by Crippen LogP contribution is 2.17. The third-order valence-electron chi connectivity index (χ3n) is 3.20. The topological polar surface area (TPSA) is 55.1 Å². The lowest BCUT2D eigenvalue weighted by Gasteiger charge is -2.20. The van der Waals surface area contributed by atoms with Crippen molar-refractivity contribution in [3.05, 3.63) is 62.5 Å². The zero-order chi connectivity index (χ0) is 16.3. The molecule has 0 fully saturated rings. The highest BCUT2D eigenvalue weighted by atomic mass is 35.5. The third-order valence-corrected chi connectivity index (χ3v) is 3.58. The molecule has 0 aliphatic heterocycles. The van der Waals surface area contributed by atoms with Crippen LogP contribution in [0.5, 0.6) is 0 Å². The molecule has 0 unspecified atom stereocenters. The van der Waals surface area contributed by atoms with E-state index in [0.29, 0.717) is 5.56 Å². The minimum absolute atomic E-state index is 0.0186. The van der Waals surface area contributed by atoms with Crippen molar-refractivity contribution in [3.8, 4) is 0 Å². The van der Waals surface area contributed by atoms with Crippen molar-refractivity contribution < 1.29 is 5.11 Å².